The Balaban J connectivity index is 0.00000312. The van der Waals surface area contributed by atoms with Gasteiger partial charge in [-0.25, -0.2) is 9.13 Å². The molecular formula is C41H57BrN2. The van der Waals surface area contributed by atoms with Crippen molar-refractivity contribution < 1.29 is 21.5 Å². The monoisotopic (exact) mass is 656 g/mol. The molecule has 0 unspecified atom stereocenters. The molecule has 3 heteroatoms. The van der Waals surface area contributed by atoms with E-state index in [-0.39, 0.29) is 17.0 Å². The van der Waals surface area contributed by atoms with Crippen molar-refractivity contribution in [2.24, 2.45) is 57.7 Å². The molecule has 5 fully saturated rings. The molecule has 5 saturated carbocycles. The number of rotatable bonds is 8. The number of hydrogen-bond donors (Lipinski definition) is 0. The fourth-order valence-corrected chi connectivity index (χ4v) is 13.0. The number of nitrogens with zero attached hydrogens (tertiary/aromatic N) is 2. The molecule has 0 bridgehead atoms. The van der Waals surface area contributed by atoms with E-state index in [0.717, 1.165) is 48.0 Å². The van der Waals surface area contributed by atoms with E-state index in [4.69, 9.17) is 0 Å². The minimum absolute atomic E-state index is 0. The second-order valence-electron chi connectivity index (χ2n) is 17.3. The normalized spacial score (nSPS) is 39.3. The zero-order chi connectivity index (χ0) is 29.6. The van der Waals surface area contributed by atoms with E-state index in [1.165, 1.54) is 87.0 Å². The maximum atomic E-state index is 2.79. The highest BCUT2D eigenvalue weighted by molar-refractivity contribution is 5.82. The summed E-state index contributed by atoms with van der Waals surface area (Å²) in [5.41, 5.74) is 3.07. The van der Waals surface area contributed by atoms with E-state index in [9.17, 15) is 0 Å². The molecule has 0 saturated heterocycles. The fourth-order valence-electron chi connectivity index (χ4n) is 13.0. The van der Waals surface area contributed by atoms with Gasteiger partial charge in [-0.15, -0.1) is 0 Å². The zero-order valence-electron chi connectivity index (χ0n) is 28.1. The number of aromatic nitrogens is 2. The van der Waals surface area contributed by atoms with Crippen LogP contribution in [0, 0.1) is 57.7 Å². The van der Waals surface area contributed by atoms with E-state index in [1.807, 2.05) is 0 Å². The average molecular weight is 658 g/mol. The van der Waals surface area contributed by atoms with Crippen molar-refractivity contribution in [1.29, 1.82) is 0 Å². The summed E-state index contributed by atoms with van der Waals surface area (Å²) in [4.78, 5) is 0. The zero-order valence-corrected chi connectivity index (χ0v) is 29.7. The predicted octanol–water partition coefficient (Wildman–Crippen LogP) is 7.25. The van der Waals surface area contributed by atoms with Gasteiger partial charge < -0.3 is 17.0 Å². The molecule has 1 heterocycles. The van der Waals surface area contributed by atoms with Crippen molar-refractivity contribution in [2.45, 2.75) is 118 Å². The third kappa shape index (κ3) is 4.63. The number of hydrogen-bond acceptors (Lipinski definition) is 0. The molecule has 5 aliphatic rings. The van der Waals surface area contributed by atoms with Crippen LogP contribution in [0.2, 0.25) is 0 Å². The molecule has 1 spiro atoms. The van der Waals surface area contributed by atoms with Gasteiger partial charge in [0.15, 0.2) is 0 Å². The third-order valence-electron chi connectivity index (χ3n) is 15.0. The number of benzene rings is 2. The first-order valence-electron chi connectivity index (χ1n) is 18.3. The molecule has 0 aliphatic heterocycles. The van der Waals surface area contributed by atoms with E-state index in [0.29, 0.717) is 22.3 Å². The van der Waals surface area contributed by atoms with Crippen LogP contribution in [-0.4, -0.2) is 4.57 Å². The average Bonchev–Trinajstić information content (AvgIpc) is 3.22. The molecule has 3 aromatic rings. The second kappa shape index (κ2) is 11.3. The molecule has 0 amide bonds. The smallest absolute Gasteiger partial charge is 0.244 e. The van der Waals surface area contributed by atoms with Crippen LogP contribution in [0.25, 0.3) is 10.8 Å². The van der Waals surface area contributed by atoms with E-state index < -0.39 is 0 Å². The molecule has 1 aromatic heterocycles. The molecule has 5 aliphatic carbocycles. The van der Waals surface area contributed by atoms with Gasteiger partial charge in [0.05, 0.1) is 0 Å². The number of halogens is 1. The van der Waals surface area contributed by atoms with E-state index in [2.05, 4.69) is 105 Å². The molecule has 2 nitrogen and oxygen atoms in total. The SMILES string of the molecule is CC(C)CCC[C@@H](C)[C@H]1CC[C@H]2[C@@H]3C[C@H](n4cc[n+](Cc5ccc6ccccc6c5)c4)[C@]45C[C@H]4CC[C@]5(C)[C@H]3CC[C@]12C.[Br-]. The summed E-state index contributed by atoms with van der Waals surface area (Å²) in [7, 11) is 0. The van der Waals surface area contributed by atoms with E-state index >= 15 is 0 Å². The van der Waals surface area contributed by atoms with Gasteiger partial charge in [0.1, 0.15) is 25.0 Å². The Morgan fingerprint density at radius 1 is 0.909 bits per heavy atom. The van der Waals surface area contributed by atoms with Crippen LogP contribution in [0.3, 0.4) is 0 Å². The molecule has 2 aromatic carbocycles. The molecule has 0 radical (unpaired) electrons. The lowest BCUT2D eigenvalue weighted by Crippen LogP contribution is -3.00. The minimum Gasteiger partial charge on any atom is -1.00 e. The molecule has 10 atom stereocenters. The van der Waals surface area contributed by atoms with Crippen LogP contribution < -0.4 is 21.5 Å². The molecule has 0 N–H and O–H groups in total. The Labute approximate surface area is 278 Å². The van der Waals surface area contributed by atoms with Crippen LogP contribution in [0.1, 0.15) is 117 Å². The number of fused-ring (bicyclic) bond motifs is 5. The van der Waals surface area contributed by atoms with Gasteiger partial charge in [0.25, 0.3) is 0 Å². The van der Waals surface area contributed by atoms with Gasteiger partial charge >= 0.3 is 0 Å². The van der Waals surface area contributed by atoms with Crippen molar-refractivity contribution in [1.82, 2.24) is 4.57 Å². The van der Waals surface area contributed by atoms with Crippen LogP contribution >= 0.6 is 0 Å². The highest BCUT2D eigenvalue weighted by Gasteiger charge is 2.78. The van der Waals surface area contributed by atoms with Gasteiger partial charge in [-0.2, -0.15) is 0 Å². The second-order valence-corrected chi connectivity index (χ2v) is 17.3. The summed E-state index contributed by atoms with van der Waals surface area (Å²) in [6, 6.07) is 16.5. The standard InChI is InChI=1S/C41H57N2.BrH/c1-28(2)9-8-10-29(3)35-15-16-36-34-24-38(41-25-33(41)17-20-40(41,5)37(34)18-19-39(35,36)4)43-22-21-42(27-43)26-30-13-14-31-11-6-7-12-32(31)23-30;/h6-7,11-14,21-23,27-29,33-38H,8-10,15-20,24-26H2,1-5H3;1H/q+1;/p-1/t29-,33-,34+,35-,36+,37+,38+,39-,40-,41+;/m1./s1. The van der Waals surface area contributed by atoms with Crippen LogP contribution in [-0.2, 0) is 6.54 Å². The largest absolute Gasteiger partial charge is 1.00 e. The Kier molecular flexibility index (Phi) is 7.95. The van der Waals surface area contributed by atoms with Crippen molar-refractivity contribution in [3.63, 3.8) is 0 Å². The maximum absolute atomic E-state index is 2.79. The Bertz CT molecular complexity index is 1490. The predicted molar refractivity (Wildman–Crippen MR) is 178 cm³/mol. The van der Waals surface area contributed by atoms with Gasteiger partial charge in [0.2, 0.25) is 6.33 Å². The summed E-state index contributed by atoms with van der Waals surface area (Å²) in [6.45, 7) is 13.9. The highest BCUT2D eigenvalue weighted by Crippen LogP contribution is 2.84. The van der Waals surface area contributed by atoms with Crippen LogP contribution in [0.5, 0.6) is 0 Å². The topological polar surface area (TPSA) is 8.81 Å². The highest BCUT2D eigenvalue weighted by atomic mass is 79.9. The summed E-state index contributed by atoms with van der Waals surface area (Å²) in [6.07, 6.45) is 23.6. The lowest BCUT2D eigenvalue weighted by Gasteiger charge is -2.60. The van der Waals surface area contributed by atoms with E-state index in [1.54, 1.807) is 0 Å². The van der Waals surface area contributed by atoms with Crippen LogP contribution in [0.15, 0.2) is 61.2 Å². The lowest BCUT2D eigenvalue weighted by atomic mass is 9.44. The minimum atomic E-state index is 0. The molecular weight excluding hydrogens is 600 g/mol. The molecule has 8 rings (SSSR count). The summed E-state index contributed by atoms with van der Waals surface area (Å²) in [5.74, 6) is 6.49. The first-order chi connectivity index (χ1) is 20.7. The lowest BCUT2D eigenvalue weighted by molar-refractivity contribution is -0.688. The Morgan fingerprint density at radius 2 is 1.73 bits per heavy atom. The van der Waals surface area contributed by atoms with Gasteiger partial charge in [-0.1, -0.05) is 90.3 Å². The number of imidazole rings is 1. The first kappa shape index (κ1) is 31.0. The molecule has 238 valence electrons. The maximum Gasteiger partial charge on any atom is 0.244 e. The summed E-state index contributed by atoms with van der Waals surface area (Å²) < 4.78 is 5.19. The van der Waals surface area contributed by atoms with Crippen molar-refractivity contribution in [3.05, 3.63) is 66.7 Å². The molecule has 44 heavy (non-hydrogen) atoms. The Morgan fingerprint density at radius 3 is 2.52 bits per heavy atom. The third-order valence-corrected chi connectivity index (χ3v) is 15.0. The quantitative estimate of drug-likeness (QED) is 0.226. The summed E-state index contributed by atoms with van der Waals surface area (Å²) in [5, 5.41) is 2.69. The van der Waals surface area contributed by atoms with Gasteiger partial charge in [0, 0.05) is 5.41 Å². The van der Waals surface area contributed by atoms with Crippen molar-refractivity contribution in [2.75, 3.05) is 0 Å². The van der Waals surface area contributed by atoms with Gasteiger partial charge in [-0.3, -0.25) is 0 Å². The van der Waals surface area contributed by atoms with Crippen LogP contribution in [0.4, 0.5) is 0 Å². The van der Waals surface area contributed by atoms with Crippen molar-refractivity contribution in [3.8, 4) is 0 Å². The van der Waals surface area contributed by atoms with Crippen molar-refractivity contribution >= 4 is 10.8 Å². The fraction of sp³-hybridized carbons (Fsp3) is 0.683. The Hall–Kier alpha value is -1.61. The summed E-state index contributed by atoms with van der Waals surface area (Å²) >= 11 is 0. The first-order valence-corrected chi connectivity index (χ1v) is 18.3. The van der Waals surface area contributed by atoms with Gasteiger partial charge in [-0.05, 0) is 126 Å².